The van der Waals surface area contributed by atoms with E-state index in [1.54, 1.807) is 11.8 Å². The summed E-state index contributed by atoms with van der Waals surface area (Å²) in [7, 11) is 0. The second kappa shape index (κ2) is 6.94. The molecule has 1 rings (SSSR count). The minimum Gasteiger partial charge on any atom is -0.396 e. The molecule has 0 aliphatic heterocycles. The molecule has 0 aromatic heterocycles. The Morgan fingerprint density at radius 3 is 2.69 bits per heavy atom. The lowest BCUT2D eigenvalue weighted by molar-refractivity contribution is 0.296. The second-order valence-electron chi connectivity index (χ2n) is 4.10. The van der Waals surface area contributed by atoms with Crippen LogP contribution < -0.4 is 5.73 Å². The van der Waals surface area contributed by atoms with Gasteiger partial charge in [-0.2, -0.15) is 11.8 Å². The Morgan fingerprint density at radius 2 is 2.06 bits per heavy atom. The molecule has 0 radical (unpaired) electrons. The van der Waals surface area contributed by atoms with Gasteiger partial charge in [0.2, 0.25) is 0 Å². The average molecular weight is 239 g/mol. The van der Waals surface area contributed by atoms with Crippen molar-refractivity contribution in [3.05, 3.63) is 34.9 Å². The number of nitrogens with two attached hydrogens (primary N) is 1. The fourth-order valence-corrected chi connectivity index (χ4v) is 2.41. The van der Waals surface area contributed by atoms with Crippen molar-refractivity contribution in [3.8, 4) is 0 Å². The van der Waals surface area contributed by atoms with Gasteiger partial charge in [0.15, 0.2) is 0 Å². The molecule has 90 valence electrons. The molecule has 2 nitrogen and oxygen atoms in total. The maximum absolute atomic E-state index is 8.67. The van der Waals surface area contributed by atoms with Crippen LogP contribution in [0.3, 0.4) is 0 Å². The first kappa shape index (κ1) is 13.6. The van der Waals surface area contributed by atoms with Gasteiger partial charge in [0.25, 0.3) is 0 Å². The summed E-state index contributed by atoms with van der Waals surface area (Å²) in [5.41, 5.74) is 9.93. The van der Waals surface area contributed by atoms with Gasteiger partial charge in [0.05, 0.1) is 0 Å². The largest absolute Gasteiger partial charge is 0.396 e. The predicted octanol–water partition coefficient (Wildman–Crippen LogP) is 2.42. The molecule has 0 saturated carbocycles. The molecule has 0 saturated heterocycles. The zero-order chi connectivity index (χ0) is 12.0. The molecule has 16 heavy (non-hydrogen) atoms. The molecule has 1 unspecified atom stereocenters. The van der Waals surface area contributed by atoms with E-state index in [0.717, 1.165) is 17.9 Å². The Morgan fingerprint density at radius 1 is 1.31 bits per heavy atom. The summed E-state index contributed by atoms with van der Waals surface area (Å²) in [6, 6.07) is 6.51. The van der Waals surface area contributed by atoms with E-state index in [4.69, 9.17) is 10.8 Å². The van der Waals surface area contributed by atoms with Crippen LogP contribution in [0.2, 0.25) is 0 Å². The minimum atomic E-state index is 0.1000. The molecule has 0 spiro atoms. The van der Waals surface area contributed by atoms with Gasteiger partial charge >= 0.3 is 0 Å². The van der Waals surface area contributed by atoms with Crippen LogP contribution in [0.25, 0.3) is 0 Å². The van der Waals surface area contributed by atoms with E-state index >= 15 is 0 Å². The first-order valence-corrected chi connectivity index (χ1v) is 6.82. The van der Waals surface area contributed by atoms with Gasteiger partial charge < -0.3 is 10.8 Å². The molecular formula is C13H21NOS. The maximum Gasteiger partial charge on any atom is 0.0438 e. The van der Waals surface area contributed by atoms with Crippen molar-refractivity contribution in [1.82, 2.24) is 0 Å². The highest BCUT2D eigenvalue weighted by Crippen LogP contribution is 2.19. The van der Waals surface area contributed by atoms with Gasteiger partial charge in [-0.05, 0) is 42.7 Å². The summed E-state index contributed by atoms with van der Waals surface area (Å²) in [6.07, 6.45) is 0.852. The smallest absolute Gasteiger partial charge is 0.0438 e. The molecule has 0 aliphatic carbocycles. The Kier molecular flexibility index (Phi) is 5.88. The van der Waals surface area contributed by atoms with Gasteiger partial charge in [-0.1, -0.05) is 18.2 Å². The van der Waals surface area contributed by atoms with Crippen molar-refractivity contribution in [3.63, 3.8) is 0 Å². The van der Waals surface area contributed by atoms with Crippen molar-refractivity contribution < 1.29 is 5.11 Å². The number of hydrogen-bond donors (Lipinski definition) is 2. The van der Waals surface area contributed by atoms with E-state index in [0.29, 0.717) is 0 Å². The molecule has 3 N–H and O–H groups in total. The molecule has 0 fully saturated rings. The van der Waals surface area contributed by atoms with Gasteiger partial charge in [-0.15, -0.1) is 0 Å². The van der Waals surface area contributed by atoms with Crippen LogP contribution in [0, 0.1) is 13.8 Å². The van der Waals surface area contributed by atoms with Crippen molar-refractivity contribution in [2.24, 2.45) is 5.73 Å². The lowest BCUT2D eigenvalue weighted by Gasteiger charge is -2.13. The van der Waals surface area contributed by atoms with Crippen LogP contribution in [-0.4, -0.2) is 23.2 Å². The van der Waals surface area contributed by atoms with Crippen LogP contribution in [0.15, 0.2) is 18.2 Å². The van der Waals surface area contributed by atoms with Crippen LogP contribution in [0.5, 0.6) is 0 Å². The van der Waals surface area contributed by atoms with Crippen molar-refractivity contribution in [1.29, 1.82) is 0 Å². The van der Waals surface area contributed by atoms with Gasteiger partial charge in [-0.25, -0.2) is 0 Å². The molecule has 1 atom stereocenters. The first-order valence-electron chi connectivity index (χ1n) is 5.66. The first-order chi connectivity index (χ1) is 7.65. The third kappa shape index (κ3) is 4.16. The summed E-state index contributed by atoms with van der Waals surface area (Å²) >= 11 is 1.81. The number of rotatable bonds is 6. The van der Waals surface area contributed by atoms with E-state index in [1.807, 2.05) is 0 Å². The maximum atomic E-state index is 8.67. The molecular weight excluding hydrogens is 218 g/mol. The van der Waals surface area contributed by atoms with Crippen LogP contribution >= 0.6 is 11.8 Å². The van der Waals surface area contributed by atoms with Crippen LogP contribution in [0.1, 0.15) is 29.2 Å². The fraction of sp³-hybridized carbons (Fsp3) is 0.538. The van der Waals surface area contributed by atoms with Crippen molar-refractivity contribution in [2.75, 3.05) is 18.1 Å². The molecule has 1 aromatic rings. The number of thioether (sulfide) groups is 1. The van der Waals surface area contributed by atoms with E-state index in [1.165, 1.54) is 16.7 Å². The summed E-state index contributed by atoms with van der Waals surface area (Å²) in [6.45, 7) is 4.50. The average Bonchev–Trinajstić information content (AvgIpc) is 2.28. The fourth-order valence-electron chi connectivity index (χ4n) is 1.47. The van der Waals surface area contributed by atoms with Crippen LogP contribution in [0.4, 0.5) is 0 Å². The zero-order valence-corrected chi connectivity index (χ0v) is 10.9. The standard InChI is InChI=1S/C13H21NOS/c1-10-4-5-12(8-11(10)2)13(14)9-16-7-3-6-15/h4-5,8,13,15H,3,6-7,9,14H2,1-2H3. The third-order valence-electron chi connectivity index (χ3n) is 2.70. The van der Waals surface area contributed by atoms with Crippen LogP contribution in [-0.2, 0) is 0 Å². The topological polar surface area (TPSA) is 46.2 Å². The summed E-state index contributed by atoms with van der Waals surface area (Å²) in [5, 5.41) is 8.67. The summed E-state index contributed by atoms with van der Waals surface area (Å²) < 4.78 is 0. The van der Waals surface area contributed by atoms with E-state index < -0.39 is 0 Å². The minimum absolute atomic E-state index is 0.1000. The highest BCUT2D eigenvalue weighted by atomic mass is 32.2. The predicted molar refractivity (Wildman–Crippen MR) is 71.9 cm³/mol. The SMILES string of the molecule is Cc1ccc(C(N)CSCCCO)cc1C. The zero-order valence-electron chi connectivity index (χ0n) is 10.1. The number of aliphatic hydroxyl groups is 1. The second-order valence-corrected chi connectivity index (χ2v) is 5.25. The lowest BCUT2D eigenvalue weighted by Crippen LogP contribution is -2.13. The molecule has 0 aliphatic rings. The highest BCUT2D eigenvalue weighted by molar-refractivity contribution is 7.99. The van der Waals surface area contributed by atoms with Gasteiger partial charge in [0.1, 0.15) is 0 Å². The molecule has 3 heteroatoms. The van der Waals surface area contributed by atoms with Crippen molar-refractivity contribution in [2.45, 2.75) is 26.3 Å². The highest BCUT2D eigenvalue weighted by Gasteiger charge is 2.06. The third-order valence-corrected chi connectivity index (χ3v) is 3.88. The van der Waals surface area contributed by atoms with E-state index in [-0.39, 0.29) is 12.6 Å². The summed E-state index contributed by atoms with van der Waals surface area (Å²) in [4.78, 5) is 0. The number of aliphatic hydroxyl groups excluding tert-OH is 1. The molecule has 0 amide bonds. The lowest BCUT2D eigenvalue weighted by atomic mass is 10.0. The van der Waals surface area contributed by atoms with Gasteiger partial charge in [0, 0.05) is 18.4 Å². The molecule has 1 aromatic carbocycles. The number of hydrogen-bond acceptors (Lipinski definition) is 3. The molecule has 0 heterocycles. The Labute approximate surface area is 102 Å². The normalized spacial score (nSPS) is 12.8. The Bertz CT molecular complexity index is 328. The quantitative estimate of drug-likeness (QED) is 0.749. The summed E-state index contributed by atoms with van der Waals surface area (Å²) in [5.74, 6) is 1.90. The Hall–Kier alpha value is -0.510. The van der Waals surface area contributed by atoms with E-state index in [2.05, 4.69) is 32.0 Å². The Balaban J connectivity index is 2.46. The van der Waals surface area contributed by atoms with E-state index in [9.17, 15) is 0 Å². The monoisotopic (exact) mass is 239 g/mol. The van der Waals surface area contributed by atoms with Gasteiger partial charge in [-0.3, -0.25) is 0 Å². The number of aryl methyl sites for hydroxylation is 2. The molecule has 0 bridgehead atoms. The number of benzene rings is 1. The van der Waals surface area contributed by atoms with Crippen molar-refractivity contribution >= 4 is 11.8 Å².